The molecule has 1 aliphatic rings. The molecule has 2 aromatic heterocycles. The van der Waals surface area contributed by atoms with E-state index in [-0.39, 0.29) is 5.09 Å². The third-order valence-corrected chi connectivity index (χ3v) is 6.99. The summed E-state index contributed by atoms with van der Waals surface area (Å²) in [5.41, 5.74) is 3.91. The highest BCUT2D eigenvalue weighted by Crippen LogP contribution is 2.33. The maximum atomic E-state index is 12.1. The molecule has 0 atom stereocenters. The molecule has 0 spiro atoms. The van der Waals surface area contributed by atoms with Crippen molar-refractivity contribution in [3.8, 4) is 6.07 Å². The summed E-state index contributed by atoms with van der Waals surface area (Å²) in [6.07, 6.45) is 3.01. The largest absolute Gasteiger partial charge is 0.447 e. The molecular weight excluding hydrogens is 358 g/mol. The van der Waals surface area contributed by atoms with E-state index in [0.29, 0.717) is 22.1 Å². The zero-order chi connectivity index (χ0) is 18.2. The Labute approximate surface area is 151 Å². The molecule has 0 fully saturated rings. The fraction of sp³-hybridized carbons (Fsp3) is 0.412. The van der Waals surface area contributed by atoms with Crippen molar-refractivity contribution in [3.05, 3.63) is 40.3 Å². The van der Waals surface area contributed by atoms with Crippen LogP contribution in [0, 0.1) is 18.3 Å². The number of thioether (sulfide) groups is 1. The fourth-order valence-corrected chi connectivity index (χ4v) is 4.64. The van der Waals surface area contributed by atoms with E-state index in [1.165, 1.54) is 37.5 Å². The number of hydrogen-bond acceptors (Lipinski definition) is 6. The number of hydrogen-bond donors (Lipinski definition) is 0. The van der Waals surface area contributed by atoms with Crippen LogP contribution in [0.1, 0.15) is 34.6 Å². The van der Waals surface area contributed by atoms with Crippen molar-refractivity contribution in [2.24, 2.45) is 0 Å². The highest BCUT2D eigenvalue weighted by Gasteiger charge is 2.23. The molecule has 132 valence electrons. The van der Waals surface area contributed by atoms with Crippen molar-refractivity contribution in [1.29, 1.82) is 5.26 Å². The number of rotatable bonds is 5. The monoisotopic (exact) mass is 377 g/mol. The number of sulfonamides is 1. The molecule has 2 aromatic rings. The van der Waals surface area contributed by atoms with Gasteiger partial charge in [-0.1, -0.05) is 11.8 Å². The first-order valence-electron chi connectivity index (χ1n) is 7.91. The molecule has 6 nitrogen and oxygen atoms in total. The minimum Gasteiger partial charge on any atom is -0.447 e. The van der Waals surface area contributed by atoms with Gasteiger partial charge in [0, 0.05) is 19.8 Å². The third-order valence-electron chi connectivity index (χ3n) is 4.30. The van der Waals surface area contributed by atoms with E-state index in [1.54, 1.807) is 6.07 Å². The van der Waals surface area contributed by atoms with Gasteiger partial charge >= 0.3 is 0 Å². The van der Waals surface area contributed by atoms with Crippen molar-refractivity contribution < 1.29 is 12.8 Å². The lowest BCUT2D eigenvalue weighted by atomic mass is 10.0. The molecular formula is C17H19N3O3S2. The Bertz CT molecular complexity index is 956. The Balaban J connectivity index is 1.83. The van der Waals surface area contributed by atoms with Crippen LogP contribution in [-0.2, 0) is 28.6 Å². The van der Waals surface area contributed by atoms with Crippen LogP contribution in [-0.4, -0.2) is 31.8 Å². The van der Waals surface area contributed by atoms with Crippen LogP contribution < -0.4 is 0 Å². The minimum atomic E-state index is -3.58. The Morgan fingerprint density at radius 1 is 1.36 bits per heavy atom. The van der Waals surface area contributed by atoms with Gasteiger partial charge in [-0.15, -0.1) is 0 Å². The van der Waals surface area contributed by atoms with Gasteiger partial charge in [0.05, 0.1) is 11.3 Å². The van der Waals surface area contributed by atoms with Crippen molar-refractivity contribution in [2.45, 2.75) is 42.1 Å². The second-order valence-corrected chi connectivity index (χ2v) is 9.15. The zero-order valence-corrected chi connectivity index (χ0v) is 16.0. The van der Waals surface area contributed by atoms with Gasteiger partial charge in [-0.2, -0.15) is 5.26 Å². The van der Waals surface area contributed by atoms with Gasteiger partial charge in [0.25, 0.3) is 10.0 Å². The first kappa shape index (κ1) is 18.0. The lowest BCUT2D eigenvalue weighted by Gasteiger charge is -2.10. The highest BCUT2D eigenvalue weighted by molar-refractivity contribution is 7.98. The summed E-state index contributed by atoms with van der Waals surface area (Å²) in [7, 11) is -0.655. The second-order valence-electron chi connectivity index (χ2n) is 6.10. The smallest absolute Gasteiger partial charge is 0.275 e. The standard InChI is InChI=1S/C17H19N3O3S2/c1-11-13-5-4-6-15(13)19-17(14(11)9-18)24-10-12-7-8-16(23-12)25(21,22)20(2)3/h7-8H,4-6,10H2,1-3H3. The maximum absolute atomic E-state index is 12.1. The molecule has 2 heterocycles. The summed E-state index contributed by atoms with van der Waals surface area (Å²) in [6.45, 7) is 1.98. The van der Waals surface area contributed by atoms with Gasteiger partial charge in [0.15, 0.2) is 0 Å². The van der Waals surface area contributed by atoms with E-state index in [0.717, 1.165) is 34.8 Å². The molecule has 0 saturated heterocycles. The van der Waals surface area contributed by atoms with Crippen LogP contribution in [0.3, 0.4) is 0 Å². The predicted octanol–water partition coefficient (Wildman–Crippen LogP) is 2.89. The van der Waals surface area contributed by atoms with Gasteiger partial charge in [-0.05, 0) is 49.4 Å². The molecule has 0 amide bonds. The van der Waals surface area contributed by atoms with Gasteiger partial charge in [0.1, 0.15) is 16.9 Å². The predicted molar refractivity (Wildman–Crippen MR) is 94.9 cm³/mol. The van der Waals surface area contributed by atoms with Gasteiger partial charge < -0.3 is 4.42 Å². The van der Waals surface area contributed by atoms with E-state index in [4.69, 9.17) is 4.42 Å². The van der Waals surface area contributed by atoms with Crippen molar-refractivity contribution in [3.63, 3.8) is 0 Å². The van der Waals surface area contributed by atoms with E-state index < -0.39 is 10.0 Å². The van der Waals surface area contributed by atoms with Gasteiger partial charge in [-0.25, -0.2) is 17.7 Å². The number of fused-ring (bicyclic) bond motifs is 1. The lowest BCUT2D eigenvalue weighted by Crippen LogP contribution is -2.21. The molecule has 8 heteroatoms. The van der Waals surface area contributed by atoms with E-state index in [9.17, 15) is 13.7 Å². The topological polar surface area (TPSA) is 87.2 Å². The molecule has 1 aliphatic carbocycles. The third kappa shape index (κ3) is 3.32. The summed E-state index contributed by atoms with van der Waals surface area (Å²) in [4.78, 5) is 4.66. The summed E-state index contributed by atoms with van der Waals surface area (Å²) in [6, 6.07) is 5.36. The Kier molecular flexibility index (Phi) is 4.91. The quantitative estimate of drug-likeness (QED) is 0.745. The van der Waals surface area contributed by atoms with E-state index >= 15 is 0 Å². The van der Waals surface area contributed by atoms with Gasteiger partial charge in [0.2, 0.25) is 5.09 Å². The summed E-state index contributed by atoms with van der Waals surface area (Å²) in [5.74, 6) is 0.956. The molecule has 0 aliphatic heterocycles. The zero-order valence-electron chi connectivity index (χ0n) is 14.4. The summed E-state index contributed by atoms with van der Waals surface area (Å²) in [5, 5.41) is 10.1. The maximum Gasteiger partial charge on any atom is 0.275 e. The lowest BCUT2D eigenvalue weighted by molar-refractivity contribution is 0.408. The number of nitriles is 1. The molecule has 0 saturated carbocycles. The minimum absolute atomic E-state index is 0.0771. The van der Waals surface area contributed by atoms with E-state index in [2.05, 4.69) is 11.1 Å². The normalized spacial score (nSPS) is 13.9. The van der Waals surface area contributed by atoms with Crippen LogP contribution >= 0.6 is 11.8 Å². The molecule has 3 rings (SSSR count). The number of nitrogens with zero attached hydrogens (tertiary/aromatic N) is 3. The van der Waals surface area contributed by atoms with Crippen LogP contribution in [0.2, 0.25) is 0 Å². The average molecular weight is 377 g/mol. The Morgan fingerprint density at radius 3 is 2.80 bits per heavy atom. The average Bonchev–Trinajstić information content (AvgIpc) is 3.22. The highest BCUT2D eigenvalue weighted by atomic mass is 32.2. The number of aryl methyl sites for hydroxylation is 1. The van der Waals surface area contributed by atoms with Crippen molar-refractivity contribution in [2.75, 3.05) is 14.1 Å². The molecule has 0 bridgehead atoms. The number of aromatic nitrogens is 1. The number of furan rings is 1. The van der Waals surface area contributed by atoms with Crippen LogP contribution in [0.15, 0.2) is 26.7 Å². The van der Waals surface area contributed by atoms with Crippen LogP contribution in [0.5, 0.6) is 0 Å². The number of pyridine rings is 1. The second kappa shape index (κ2) is 6.83. The van der Waals surface area contributed by atoms with E-state index in [1.807, 2.05) is 6.92 Å². The molecule has 25 heavy (non-hydrogen) atoms. The Hall–Kier alpha value is -1.82. The van der Waals surface area contributed by atoms with Gasteiger partial charge in [-0.3, -0.25) is 0 Å². The molecule has 0 radical (unpaired) electrons. The van der Waals surface area contributed by atoms with Crippen molar-refractivity contribution >= 4 is 21.8 Å². The summed E-state index contributed by atoms with van der Waals surface area (Å²) >= 11 is 1.40. The molecule has 0 unspecified atom stereocenters. The summed E-state index contributed by atoms with van der Waals surface area (Å²) < 4.78 is 30.7. The van der Waals surface area contributed by atoms with Crippen LogP contribution in [0.4, 0.5) is 0 Å². The van der Waals surface area contributed by atoms with Crippen molar-refractivity contribution in [1.82, 2.24) is 9.29 Å². The first-order valence-corrected chi connectivity index (χ1v) is 10.3. The fourth-order valence-electron chi connectivity index (χ4n) is 2.87. The molecule has 0 N–H and O–H groups in total. The SMILES string of the molecule is Cc1c(C#N)c(SCc2ccc(S(=O)(=O)N(C)C)o2)nc2c1CCC2. The van der Waals surface area contributed by atoms with Crippen LogP contribution in [0.25, 0.3) is 0 Å². The Morgan fingerprint density at radius 2 is 2.12 bits per heavy atom. The first-order chi connectivity index (χ1) is 11.8. The molecule has 0 aromatic carbocycles.